The number of piperidine rings is 1. The highest BCUT2D eigenvalue weighted by Gasteiger charge is 2.43. The number of nitrogens with zero attached hydrogens (tertiary/aromatic N) is 3. The molecule has 1 aliphatic heterocycles. The second-order valence-electron chi connectivity index (χ2n) is 7.56. The fraction of sp³-hybridized carbons (Fsp3) is 0.524. The molecule has 2 N–H and O–H groups in total. The van der Waals surface area contributed by atoms with Crippen molar-refractivity contribution >= 4 is 5.91 Å². The van der Waals surface area contributed by atoms with Crippen LogP contribution in [-0.4, -0.2) is 63.7 Å². The molecule has 7 nitrogen and oxygen atoms in total. The van der Waals surface area contributed by atoms with Gasteiger partial charge in [0.25, 0.3) is 5.91 Å². The molecule has 0 spiro atoms. The number of likely N-dealkylation sites (tertiary alicyclic amines) is 1. The van der Waals surface area contributed by atoms with Crippen molar-refractivity contribution in [2.75, 3.05) is 26.8 Å². The van der Waals surface area contributed by atoms with E-state index in [0.29, 0.717) is 31.5 Å². The number of ether oxygens (including phenoxy) is 1. The molecule has 0 saturated carbocycles. The Morgan fingerprint density at radius 3 is 2.68 bits per heavy atom. The minimum absolute atomic E-state index is 0.113. The summed E-state index contributed by atoms with van der Waals surface area (Å²) in [7, 11) is 1.62. The van der Waals surface area contributed by atoms with E-state index in [4.69, 9.17) is 4.74 Å². The van der Waals surface area contributed by atoms with Crippen molar-refractivity contribution in [3.63, 3.8) is 0 Å². The van der Waals surface area contributed by atoms with Crippen LogP contribution in [0.3, 0.4) is 0 Å². The lowest BCUT2D eigenvalue weighted by molar-refractivity contribution is -0.0720. The van der Waals surface area contributed by atoms with Crippen molar-refractivity contribution in [2.45, 2.75) is 39.2 Å². The van der Waals surface area contributed by atoms with Crippen molar-refractivity contribution in [1.82, 2.24) is 14.7 Å². The molecule has 0 aliphatic carbocycles. The van der Waals surface area contributed by atoms with E-state index in [0.717, 1.165) is 23.6 Å². The van der Waals surface area contributed by atoms with E-state index in [2.05, 4.69) is 5.10 Å². The second-order valence-corrected chi connectivity index (χ2v) is 7.56. The number of hydrogen-bond acceptors (Lipinski definition) is 5. The van der Waals surface area contributed by atoms with E-state index in [1.165, 1.54) is 0 Å². The minimum Gasteiger partial charge on any atom is -0.497 e. The highest BCUT2D eigenvalue weighted by molar-refractivity contribution is 5.95. The zero-order valence-corrected chi connectivity index (χ0v) is 16.8. The van der Waals surface area contributed by atoms with Gasteiger partial charge in [0.05, 0.1) is 43.0 Å². The molecule has 0 unspecified atom stereocenters. The zero-order chi connectivity index (χ0) is 20.3. The number of hydrogen-bond donors (Lipinski definition) is 2. The third kappa shape index (κ3) is 3.64. The van der Waals surface area contributed by atoms with Gasteiger partial charge in [-0.3, -0.25) is 4.79 Å². The van der Waals surface area contributed by atoms with Crippen LogP contribution in [0, 0.1) is 12.3 Å². The summed E-state index contributed by atoms with van der Waals surface area (Å²) in [6, 6.07) is 7.49. The Morgan fingerprint density at radius 2 is 2.07 bits per heavy atom. The fourth-order valence-electron chi connectivity index (χ4n) is 4.07. The Balaban J connectivity index is 1.84. The number of methoxy groups -OCH3 is 1. The molecule has 152 valence electrons. The minimum atomic E-state index is -0.650. The largest absolute Gasteiger partial charge is 0.497 e. The molecule has 2 atom stereocenters. The highest BCUT2D eigenvalue weighted by Crippen LogP contribution is 2.35. The first-order valence-electron chi connectivity index (χ1n) is 9.73. The van der Waals surface area contributed by atoms with Crippen molar-refractivity contribution in [2.24, 2.45) is 5.41 Å². The van der Waals surface area contributed by atoms with E-state index >= 15 is 0 Å². The van der Waals surface area contributed by atoms with E-state index in [1.807, 2.05) is 38.1 Å². The second kappa shape index (κ2) is 8.32. The van der Waals surface area contributed by atoms with E-state index in [-0.39, 0.29) is 12.5 Å². The van der Waals surface area contributed by atoms with Gasteiger partial charge < -0.3 is 19.8 Å². The van der Waals surface area contributed by atoms with Crippen LogP contribution in [0.1, 0.15) is 42.2 Å². The molecule has 1 fully saturated rings. The van der Waals surface area contributed by atoms with Gasteiger partial charge in [0, 0.05) is 18.5 Å². The number of carbonyl (C=O) groups excluding carboxylic acids is 1. The lowest BCUT2D eigenvalue weighted by Gasteiger charge is -2.45. The summed E-state index contributed by atoms with van der Waals surface area (Å²) in [4.78, 5) is 14.9. The van der Waals surface area contributed by atoms with Crippen LogP contribution < -0.4 is 4.74 Å². The monoisotopic (exact) mass is 387 g/mol. The van der Waals surface area contributed by atoms with Crippen LogP contribution in [0.2, 0.25) is 0 Å². The van der Waals surface area contributed by atoms with E-state index in [9.17, 15) is 15.0 Å². The summed E-state index contributed by atoms with van der Waals surface area (Å²) >= 11 is 0. The molecule has 7 heteroatoms. The predicted molar refractivity (Wildman–Crippen MR) is 106 cm³/mol. The molecule has 0 bridgehead atoms. The van der Waals surface area contributed by atoms with Crippen molar-refractivity contribution < 1.29 is 19.7 Å². The third-order valence-electron chi connectivity index (χ3n) is 5.79. The van der Waals surface area contributed by atoms with Crippen molar-refractivity contribution in [3.8, 4) is 11.4 Å². The number of aromatic nitrogens is 2. The van der Waals surface area contributed by atoms with Gasteiger partial charge in [0.2, 0.25) is 0 Å². The molecule has 1 aromatic heterocycles. The maximum absolute atomic E-state index is 13.2. The first-order chi connectivity index (χ1) is 13.5. The summed E-state index contributed by atoms with van der Waals surface area (Å²) in [6.45, 7) is 4.58. The summed E-state index contributed by atoms with van der Waals surface area (Å²) in [5.41, 5.74) is 1.49. The topological polar surface area (TPSA) is 87.8 Å². The predicted octanol–water partition coefficient (Wildman–Crippen LogP) is 2.17. The quantitative estimate of drug-likeness (QED) is 0.793. The van der Waals surface area contributed by atoms with Crippen LogP contribution in [0.15, 0.2) is 30.5 Å². The molecule has 1 saturated heterocycles. The fourth-order valence-corrected chi connectivity index (χ4v) is 4.07. The van der Waals surface area contributed by atoms with Gasteiger partial charge >= 0.3 is 0 Å². The Labute approximate surface area is 165 Å². The third-order valence-corrected chi connectivity index (χ3v) is 5.79. The summed E-state index contributed by atoms with van der Waals surface area (Å²) < 4.78 is 6.92. The van der Waals surface area contributed by atoms with Crippen LogP contribution in [0.25, 0.3) is 5.69 Å². The van der Waals surface area contributed by atoms with Crippen LogP contribution in [0.5, 0.6) is 5.75 Å². The lowest BCUT2D eigenvalue weighted by Crippen LogP contribution is -2.55. The molecule has 1 aliphatic rings. The average molecular weight is 387 g/mol. The molecule has 1 amide bonds. The Hall–Kier alpha value is -2.38. The Kier molecular flexibility index (Phi) is 6.05. The Bertz CT molecular complexity index is 818. The standard InChI is InChI=1S/C21H29N3O4/c1-4-10-21(14-25)13-23(11-9-19(21)26)20(27)18-12-22-24(15(18)2)16-5-7-17(28-3)8-6-16/h5-8,12,19,25-26H,4,9-11,13-14H2,1-3H3/t19-,21+/m1/s1. The molecular weight excluding hydrogens is 358 g/mol. The number of rotatable bonds is 6. The SMILES string of the molecule is CCC[C@@]1(CO)CN(C(=O)c2cnn(-c3ccc(OC)cc3)c2C)CC[C@H]1O. The van der Waals surface area contributed by atoms with Gasteiger partial charge in [-0.2, -0.15) is 5.10 Å². The van der Waals surface area contributed by atoms with Gasteiger partial charge in [-0.25, -0.2) is 4.68 Å². The van der Waals surface area contributed by atoms with Gasteiger partial charge in [-0.05, 0) is 44.0 Å². The maximum Gasteiger partial charge on any atom is 0.257 e. The van der Waals surface area contributed by atoms with Gasteiger partial charge in [-0.15, -0.1) is 0 Å². The van der Waals surface area contributed by atoms with Crippen LogP contribution >= 0.6 is 0 Å². The first-order valence-corrected chi connectivity index (χ1v) is 9.73. The number of aliphatic hydroxyl groups excluding tert-OH is 2. The van der Waals surface area contributed by atoms with Crippen LogP contribution in [0.4, 0.5) is 0 Å². The van der Waals surface area contributed by atoms with Crippen molar-refractivity contribution in [1.29, 1.82) is 0 Å². The van der Waals surface area contributed by atoms with Crippen LogP contribution in [-0.2, 0) is 0 Å². The van der Waals surface area contributed by atoms with Crippen molar-refractivity contribution in [3.05, 3.63) is 41.7 Å². The smallest absolute Gasteiger partial charge is 0.257 e. The van der Waals surface area contributed by atoms with Gasteiger partial charge in [0.1, 0.15) is 5.75 Å². The maximum atomic E-state index is 13.2. The number of amides is 1. The number of carbonyl (C=O) groups is 1. The summed E-state index contributed by atoms with van der Waals surface area (Å²) in [5.74, 6) is 0.645. The molecule has 1 aromatic carbocycles. The highest BCUT2D eigenvalue weighted by atomic mass is 16.5. The molecule has 2 heterocycles. The first kappa shape index (κ1) is 20.4. The molecule has 2 aromatic rings. The van der Waals surface area contributed by atoms with E-state index < -0.39 is 11.5 Å². The molecule has 3 rings (SSSR count). The Morgan fingerprint density at radius 1 is 1.36 bits per heavy atom. The lowest BCUT2D eigenvalue weighted by atomic mass is 9.74. The molecular formula is C21H29N3O4. The van der Waals surface area contributed by atoms with Gasteiger partial charge in [-0.1, -0.05) is 13.3 Å². The summed E-state index contributed by atoms with van der Waals surface area (Å²) in [6.07, 6.45) is 2.99. The number of aliphatic hydroxyl groups is 2. The molecule has 28 heavy (non-hydrogen) atoms. The summed E-state index contributed by atoms with van der Waals surface area (Å²) in [5, 5.41) is 24.8. The zero-order valence-electron chi connectivity index (χ0n) is 16.8. The average Bonchev–Trinajstić information content (AvgIpc) is 3.10. The van der Waals surface area contributed by atoms with E-state index in [1.54, 1.807) is 22.9 Å². The van der Waals surface area contributed by atoms with Gasteiger partial charge in [0.15, 0.2) is 0 Å². The number of benzene rings is 1. The normalized spacial score (nSPS) is 22.3. The molecule has 0 radical (unpaired) electrons.